The Morgan fingerprint density at radius 3 is 2.77 bits per heavy atom. The highest BCUT2D eigenvalue weighted by Crippen LogP contribution is 2.31. The number of carbonyl (C=O) groups excluding carboxylic acids is 1. The molecule has 2 aromatic heterocycles. The number of hydrogen-bond acceptors (Lipinski definition) is 4. The molecule has 0 aliphatic rings. The van der Waals surface area contributed by atoms with Crippen LogP contribution in [0, 0.1) is 6.92 Å². The molecule has 0 radical (unpaired) electrons. The first-order valence-corrected chi connectivity index (χ1v) is 11.1. The van der Waals surface area contributed by atoms with Gasteiger partial charge in [0.25, 0.3) is 5.91 Å². The van der Waals surface area contributed by atoms with Gasteiger partial charge in [-0.05, 0) is 53.9 Å². The Balaban J connectivity index is 1.48. The summed E-state index contributed by atoms with van der Waals surface area (Å²) in [6.07, 6.45) is 6.32. The van der Waals surface area contributed by atoms with E-state index in [1.165, 1.54) is 5.56 Å². The quantitative estimate of drug-likeness (QED) is 0.350. The van der Waals surface area contributed by atoms with Crippen molar-refractivity contribution < 1.29 is 4.79 Å². The lowest BCUT2D eigenvalue weighted by Crippen LogP contribution is -2.32. The maximum absolute atomic E-state index is 13.6. The van der Waals surface area contributed by atoms with E-state index in [9.17, 15) is 4.79 Å². The maximum atomic E-state index is 13.6. The summed E-state index contributed by atoms with van der Waals surface area (Å²) in [6, 6.07) is 20.2. The molecule has 0 saturated carbocycles. The van der Waals surface area contributed by atoms with Crippen molar-refractivity contribution in [2.45, 2.75) is 19.9 Å². The van der Waals surface area contributed by atoms with Crippen LogP contribution < -0.4 is 4.90 Å². The van der Waals surface area contributed by atoms with Gasteiger partial charge in [-0.15, -0.1) is 0 Å². The fourth-order valence-corrected chi connectivity index (χ4v) is 4.82. The first kappa shape index (κ1) is 19.5. The lowest BCUT2D eigenvalue weighted by molar-refractivity contribution is 0.0986. The standard InChI is InChI=1S/C25H22N4OS/c1-18-7-10-22-23(15-18)31-25(27-22)29(13-4-12-28-14-11-26-17-28)24(30)21-9-8-19-5-2-3-6-20(19)16-21/h2-3,5-11,14-17H,4,12-13H2,1H3. The molecular formula is C25H22N4OS. The van der Waals surface area contributed by atoms with Gasteiger partial charge >= 0.3 is 0 Å². The number of hydrogen-bond donors (Lipinski definition) is 0. The molecule has 5 nitrogen and oxygen atoms in total. The summed E-state index contributed by atoms with van der Waals surface area (Å²) in [4.78, 5) is 24.3. The Kier molecular flexibility index (Phi) is 5.22. The van der Waals surface area contributed by atoms with Crippen LogP contribution in [0.4, 0.5) is 5.13 Å². The number of amides is 1. The van der Waals surface area contributed by atoms with E-state index in [2.05, 4.69) is 30.1 Å². The Morgan fingerprint density at radius 1 is 1.06 bits per heavy atom. The Morgan fingerprint density at radius 2 is 1.94 bits per heavy atom. The summed E-state index contributed by atoms with van der Waals surface area (Å²) < 4.78 is 3.13. The summed E-state index contributed by atoms with van der Waals surface area (Å²) in [5, 5.41) is 2.93. The largest absolute Gasteiger partial charge is 0.337 e. The number of thiazole rings is 1. The summed E-state index contributed by atoms with van der Waals surface area (Å²) in [6.45, 7) is 3.45. The third-order valence-electron chi connectivity index (χ3n) is 5.36. The molecule has 154 valence electrons. The molecule has 5 aromatic rings. The van der Waals surface area contributed by atoms with Crippen molar-refractivity contribution in [3.05, 3.63) is 90.5 Å². The SMILES string of the molecule is Cc1ccc2nc(N(CCCn3ccnc3)C(=O)c3ccc4ccccc4c3)sc2c1. The number of carbonyl (C=O) groups is 1. The van der Waals surface area contributed by atoms with Gasteiger partial charge in [-0.2, -0.15) is 0 Å². The van der Waals surface area contributed by atoms with Crippen molar-refractivity contribution in [2.75, 3.05) is 11.4 Å². The van der Waals surface area contributed by atoms with Crippen LogP contribution in [0.25, 0.3) is 21.0 Å². The number of aromatic nitrogens is 3. The summed E-state index contributed by atoms with van der Waals surface area (Å²) in [7, 11) is 0. The number of imidazole rings is 1. The van der Waals surface area contributed by atoms with Crippen molar-refractivity contribution in [1.29, 1.82) is 0 Å². The van der Waals surface area contributed by atoms with Crippen LogP contribution in [-0.2, 0) is 6.54 Å². The van der Waals surface area contributed by atoms with Crippen molar-refractivity contribution in [3.8, 4) is 0 Å². The second-order valence-corrected chi connectivity index (χ2v) is 8.65. The topological polar surface area (TPSA) is 51.0 Å². The van der Waals surface area contributed by atoms with Gasteiger partial charge in [-0.1, -0.05) is 47.7 Å². The Bertz CT molecular complexity index is 1360. The van der Waals surface area contributed by atoms with E-state index >= 15 is 0 Å². The van der Waals surface area contributed by atoms with Crippen LogP contribution in [0.2, 0.25) is 0 Å². The summed E-state index contributed by atoms with van der Waals surface area (Å²) in [5.41, 5.74) is 2.79. The summed E-state index contributed by atoms with van der Waals surface area (Å²) >= 11 is 1.57. The van der Waals surface area contributed by atoms with Crippen LogP contribution in [-0.4, -0.2) is 27.0 Å². The molecular weight excluding hydrogens is 404 g/mol. The van der Waals surface area contributed by atoms with Crippen molar-refractivity contribution >= 4 is 43.4 Å². The lowest BCUT2D eigenvalue weighted by atomic mass is 10.1. The molecule has 5 rings (SSSR count). The molecule has 0 N–H and O–H groups in total. The van der Waals surface area contributed by atoms with E-state index < -0.39 is 0 Å². The number of fused-ring (bicyclic) bond motifs is 2. The molecule has 2 heterocycles. The van der Waals surface area contributed by atoms with E-state index in [1.807, 2.05) is 58.1 Å². The molecule has 31 heavy (non-hydrogen) atoms. The molecule has 0 atom stereocenters. The van der Waals surface area contributed by atoms with Crippen molar-refractivity contribution in [2.24, 2.45) is 0 Å². The van der Waals surface area contributed by atoms with Gasteiger partial charge in [-0.25, -0.2) is 9.97 Å². The smallest absolute Gasteiger partial charge is 0.260 e. The highest BCUT2D eigenvalue weighted by Gasteiger charge is 2.21. The monoisotopic (exact) mass is 426 g/mol. The number of rotatable bonds is 6. The van der Waals surface area contributed by atoms with Gasteiger partial charge < -0.3 is 4.57 Å². The van der Waals surface area contributed by atoms with Crippen LogP contribution in [0.3, 0.4) is 0 Å². The molecule has 0 bridgehead atoms. The molecule has 0 saturated heterocycles. The fourth-order valence-electron chi connectivity index (χ4n) is 3.73. The number of nitrogens with zero attached hydrogens (tertiary/aromatic N) is 4. The molecule has 1 amide bonds. The summed E-state index contributed by atoms with van der Waals surface area (Å²) in [5.74, 6) is -0.0211. The Labute approximate surface area is 184 Å². The van der Waals surface area contributed by atoms with E-state index in [4.69, 9.17) is 4.98 Å². The second kappa shape index (κ2) is 8.32. The molecule has 0 aliphatic heterocycles. The predicted molar refractivity (Wildman–Crippen MR) is 127 cm³/mol. The van der Waals surface area contributed by atoms with Crippen LogP contribution in [0.5, 0.6) is 0 Å². The molecule has 0 aliphatic carbocycles. The van der Waals surface area contributed by atoms with Crippen LogP contribution >= 0.6 is 11.3 Å². The number of anilines is 1. The predicted octanol–water partition coefficient (Wildman–Crippen LogP) is 5.69. The zero-order chi connectivity index (χ0) is 21.2. The van der Waals surface area contributed by atoms with E-state index in [0.29, 0.717) is 12.1 Å². The highest BCUT2D eigenvalue weighted by molar-refractivity contribution is 7.22. The normalized spacial score (nSPS) is 11.3. The lowest BCUT2D eigenvalue weighted by Gasteiger charge is -2.20. The molecule has 0 spiro atoms. The molecule has 6 heteroatoms. The zero-order valence-corrected chi connectivity index (χ0v) is 18.0. The minimum atomic E-state index is -0.0211. The maximum Gasteiger partial charge on any atom is 0.260 e. The van der Waals surface area contributed by atoms with Gasteiger partial charge in [0.15, 0.2) is 5.13 Å². The number of benzene rings is 3. The average molecular weight is 427 g/mol. The number of aryl methyl sites for hydroxylation is 2. The van der Waals surface area contributed by atoms with Crippen LogP contribution in [0.15, 0.2) is 79.4 Å². The highest BCUT2D eigenvalue weighted by atomic mass is 32.1. The van der Waals surface area contributed by atoms with E-state index in [0.717, 1.165) is 39.1 Å². The molecule has 0 unspecified atom stereocenters. The Hall–Kier alpha value is -3.51. The van der Waals surface area contributed by atoms with E-state index in [1.54, 1.807) is 23.9 Å². The first-order chi connectivity index (χ1) is 15.2. The van der Waals surface area contributed by atoms with Gasteiger partial charge in [-0.3, -0.25) is 9.69 Å². The van der Waals surface area contributed by atoms with Crippen LogP contribution in [0.1, 0.15) is 22.3 Å². The minimum absolute atomic E-state index is 0.0211. The van der Waals surface area contributed by atoms with Crippen molar-refractivity contribution in [1.82, 2.24) is 14.5 Å². The average Bonchev–Trinajstić information content (AvgIpc) is 3.45. The minimum Gasteiger partial charge on any atom is -0.337 e. The van der Waals surface area contributed by atoms with Gasteiger partial charge in [0.1, 0.15) is 0 Å². The fraction of sp³-hybridized carbons (Fsp3) is 0.160. The second-order valence-electron chi connectivity index (χ2n) is 7.64. The molecule has 0 fully saturated rings. The van der Waals surface area contributed by atoms with E-state index in [-0.39, 0.29) is 5.91 Å². The van der Waals surface area contributed by atoms with Crippen molar-refractivity contribution in [3.63, 3.8) is 0 Å². The first-order valence-electron chi connectivity index (χ1n) is 10.3. The molecule has 3 aromatic carbocycles. The van der Waals surface area contributed by atoms with Gasteiger partial charge in [0.05, 0.1) is 16.5 Å². The zero-order valence-electron chi connectivity index (χ0n) is 17.2. The third-order valence-corrected chi connectivity index (χ3v) is 6.40. The third kappa shape index (κ3) is 4.07. The van der Waals surface area contributed by atoms with Gasteiger partial charge in [0, 0.05) is 31.0 Å². The van der Waals surface area contributed by atoms with Gasteiger partial charge in [0.2, 0.25) is 0 Å².